The lowest BCUT2D eigenvalue weighted by molar-refractivity contribution is -0.137. The number of carboxylic acid groups (broad SMARTS) is 1. The number of aromatic nitrogens is 2. The van der Waals surface area contributed by atoms with E-state index in [1.807, 2.05) is 91.0 Å². The number of hydrogen-bond acceptors (Lipinski definition) is 7. The third-order valence-electron chi connectivity index (χ3n) is 5.23. The van der Waals surface area contributed by atoms with E-state index in [4.69, 9.17) is 19.2 Å². The van der Waals surface area contributed by atoms with Crippen molar-refractivity contribution in [3.8, 4) is 17.1 Å². The number of ether oxygens (including phenoxy) is 1. The first kappa shape index (κ1) is 24.7. The number of benzene rings is 3. The number of unbranched alkanes of at least 4 members (excludes halogenated alkanes) is 1. The summed E-state index contributed by atoms with van der Waals surface area (Å²) >= 11 is 0. The summed E-state index contributed by atoms with van der Waals surface area (Å²) in [5, 5.41) is 12.8. The average molecular weight is 486 g/mol. The Morgan fingerprint density at radius 3 is 2.39 bits per heavy atom. The fourth-order valence-electron chi connectivity index (χ4n) is 3.38. The van der Waals surface area contributed by atoms with Gasteiger partial charge in [-0.15, -0.1) is 0 Å². The van der Waals surface area contributed by atoms with E-state index in [-0.39, 0.29) is 13.0 Å². The SMILES string of the molecule is O=C(O)CCCC=C(NOCc1ccc(OCc2nc(-c3ccccc3)no2)cc1)c1ccccc1. The van der Waals surface area contributed by atoms with Crippen molar-refractivity contribution in [1.82, 2.24) is 15.6 Å². The van der Waals surface area contributed by atoms with Gasteiger partial charge in [0.1, 0.15) is 5.75 Å². The van der Waals surface area contributed by atoms with Crippen molar-refractivity contribution in [2.45, 2.75) is 32.5 Å². The predicted octanol–water partition coefficient (Wildman–Crippen LogP) is 5.63. The molecule has 0 amide bonds. The topological polar surface area (TPSA) is 107 Å². The maximum atomic E-state index is 10.8. The summed E-state index contributed by atoms with van der Waals surface area (Å²) in [5.74, 6) is 0.804. The van der Waals surface area contributed by atoms with Crippen molar-refractivity contribution in [2.75, 3.05) is 0 Å². The lowest BCUT2D eigenvalue weighted by Gasteiger charge is -2.12. The monoisotopic (exact) mass is 485 g/mol. The fraction of sp³-hybridized carbons (Fsp3) is 0.179. The van der Waals surface area contributed by atoms with Gasteiger partial charge in [-0.2, -0.15) is 4.98 Å². The molecule has 1 heterocycles. The lowest BCUT2D eigenvalue weighted by atomic mass is 10.1. The lowest BCUT2D eigenvalue weighted by Crippen LogP contribution is -2.13. The quantitative estimate of drug-likeness (QED) is 0.185. The third-order valence-corrected chi connectivity index (χ3v) is 5.23. The molecule has 0 saturated heterocycles. The molecule has 0 aliphatic heterocycles. The Kier molecular flexibility index (Phi) is 8.83. The molecular formula is C28H27N3O5. The first-order valence-corrected chi connectivity index (χ1v) is 11.6. The number of carboxylic acids is 1. The number of rotatable bonds is 13. The van der Waals surface area contributed by atoms with Crippen LogP contribution in [-0.2, 0) is 22.8 Å². The van der Waals surface area contributed by atoms with E-state index in [2.05, 4.69) is 15.6 Å². The number of allylic oxidation sites excluding steroid dienone is 1. The van der Waals surface area contributed by atoms with Crippen molar-refractivity contribution in [1.29, 1.82) is 0 Å². The maximum absolute atomic E-state index is 10.8. The van der Waals surface area contributed by atoms with Crippen LogP contribution in [0.1, 0.15) is 36.3 Å². The minimum atomic E-state index is -0.796. The van der Waals surface area contributed by atoms with E-state index in [1.165, 1.54) is 0 Å². The zero-order valence-electron chi connectivity index (χ0n) is 19.7. The van der Waals surface area contributed by atoms with Gasteiger partial charge in [-0.1, -0.05) is 84.0 Å². The molecule has 36 heavy (non-hydrogen) atoms. The van der Waals surface area contributed by atoms with Crippen LogP contribution in [-0.4, -0.2) is 21.2 Å². The number of nitrogens with one attached hydrogen (secondary N) is 1. The van der Waals surface area contributed by atoms with E-state index in [0.29, 0.717) is 36.9 Å². The van der Waals surface area contributed by atoms with Crippen LogP contribution in [0, 0.1) is 0 Å². The number of hydrogen-bond donors (Lipinski definition) is 2. The Bertz CT molecular complexity index is 1260. The smallest absolute Gasteiger partial charge is 0.303 e. The van der Waals surface area contributed by atoms with Crippen LogP contribution in [0.5, 0.6) is 5.75 Å². The van der Waals surface area contributed by atoms with Crippen molar-refractivity contribution in [3.63, 3.8) is 0 Å². The van der Waals surface area contributed by atoms with Gasteiger partial charge in [0.2, 0.25) is 5.82 Å². The number of carbonyl (C=O) groups is 1. The van der Waals surface area contributed by atoms with Crippen LogP contribution in [0.25, 0.3) is 17.1 Å². The van der Waals surface area contributed by atoms with Crippen LogP contribution < -0.4 is 10.2 Å². The van der Waals surface area contributed by atoms with E-state index in [9.17, 15) is 4.79 Å². The Hall–Kier alpha value is -4.43. The second kappa shape index (κ2) is 12.9. The molecule has 1 aromatic heterocycles. The Morgan fingerprint density at radius 1 is 0.944 bits per heavy atom. The largest absolute Gasteiger partial charge is 0.484 e. The summed E-state index contributed by atoms with van der Waals surface area (Å²) in [6, 6.07) is 26.9. The van der Waals surface area contributed by atoms with E-state index in [0.717, 1.165) is 22.4 Å². The molecule has 3 aromatic carbocycles. The minimum Gasteiger partial charge on any atom is -0.484 e. The van der Waals surface area contributed by atoms with E-state index < -0.39 is 5.97 Å². The molecule has 0 unspecified atom stereocenters. The third kappa shape index (κ3) is 7.54. The van der Waals surface area contributed by atoms with E-state index >= 15 is 0 Å². The van der Waals surface area contributed by atoms with Crippen molar-refractivity contribution >= 4 is 11.7 Å². The number of nitrogens with zero attached hydrogens (tertiary/aromatic N) is 2. The highest BCUT2D eigenvalue weighted by atomic mass is 16.6. The van der Waals surface area contributed by atoms with Gasteiger partial charge in [-0.3, -0.25) is 15.1 Å². The highest BCUT2D eigenvalue weighted by Gasteiger charge is 2.09. The summed E-state index contributed by atoms with van der Waals surface area (Å²) < 4.78 is 11.0. The summed E-state index contributed by atoms with van der Waals surface area (Å²) in [4.78, 5) is 20.8. The molecule has 0 radical (unpaired) electrons. The van der Waals surface area contributed by atoms with Gasteiger partial charge in [-0.25, -0.2) is 0 Å². The van der Waals surface area contributed by atoms with Crippen LogP contribution in [0.2, 0.25) is 0 Å². The van der Waals surface area contributed by atoms with E-state index in [1.54, 1.807) is 0 Å². The molecule has 0 spiro atoms. The van der Waals surface area contributed by atoms with Gasteiger partial charge in [-0.05, 0) is 36.1 Å². The average Bonchev–Trinajstić information content (AvgIpc) is 3.40. The molecule has 4 rings (SSSR count). The molecule has 0 fully saturated rings. The number of hydroxylamine groups is 1. The molecule has 0 atom stereocenters. The summed E-state index contributed by atoms with van der Waals surface area (Å²) in [7, 11) is 0. The van der Waals surface area contributed by atoms with Crippen LogP contribution >= 0.6 is 0 Å². The van der Waals surface area contributed by atoms with Crippen LogP contribution in [0.3, 0.4) is 0 Å². The van der Waals surface area contributed by atoms with Gasteiger partial charge in [0.25, 0.3) is 5.89 Å². The molecule has 4 aromatic rings. The van der Waals surface area contributed by atoms with Crippen molar-refractivity contribution in [3.05, 3.63) is 108 Å². The van der Waals surface area contributed by atoms with Gasteiger partial charge in [0.15, 0.2) is 6.61 Å². The molecule has 8 nitrogen and oxygen atoms in total. The van der Waals surface area contributed by atoms with Crippen LogP contribution in [0.15, 0.2) is 95.5 Å². The molecule has 0 aliphatic carbocycles. The predicted molar refractivity (Wildman–Crippen MR) is 134 cm³/mol. The second-order valence-electron chi connectivity index (χ2n) is 7.97. The Labute approximate surface area is 209 Å². The highest BCUT2D eigenvalue weighted by Crippen LogP contribution is 2.18. The summed E-state index contributed by atoms with van der Waals surface area (Å²) in [5.41, 5.74) is 6.61. The zero-order chi connectivity index (χ0) is 25.0. The standard InChI is InChI=1S/C28H27N3O5/c32-27(33)14-8-7-13-25(22-9-3-1-4-10-22)30-35-19-21-15-17-24(18-16-21)34-20-26-29-28(31-36-26)23-11-5-2-6-12-23/h1-6,9-13,15-18,30H,7-8,14,19-20H2,(H,32,33). The molecular weight excluding hydrogens is 458 g/mol. The van der Waals surface area contributed by atoms with Crippen molar-refractivity contribution in [2.24, 2.45) is 0 Å². The molecule has 0 bridgehead atoms. The highest BCUT2D eigenvalue weighted by molar-refractivity contribution is 5.67. The first-order valence-electron chi connectivity index (χ1n) is 11.6. The molecule has 184 valence electrons. The Morgan fingerprint density at radius 2 is 1.67 bits per heavy atom. The van der Waals surface area contributed by atoms with Crippen LogP contribution in [0.4, 0.5) is 0 Å². The number of aliphatic carboxylic acids is 1. The molecule has 0 saturated carbocycles. The summed E-state index contributed by atoms with van der Waals surface area (Å²) in [6.07, 6.45) is 3.28. The molecule has 8 heteroatoms. The fourth-order valence-corrected chi connectivity index (χ4v) is 3.38. The van der Waals surface area contributed by atoms with Gasteiger partial charge in [0, 0.05) is 12.0 Å². The normalized spacial score (nSPS) is 11.3. The molecule has 2 N–H and O–H groups in total. The van der Waals surface area contributed by atoms with Gasteiger partial charge >= 0.3 is 5.97 Å². The summed E-state index contributed by atoms with van der Waals surface area (Å²) in [6.45, 7) is 0.508. The van der Waals surface area contributed by atoms with Crippen molar-refractivity contribution < 1.29 is 24.0 Å². The first-order chi connectivity index (χ1) is 17.7. The van der Waals surface area contributed by atoms with Gasteiger partial charge < -0.3 is 14.4 Å². The zero-order valence-corrected chi connectivity index (χ0v) is 19.7. The second-order valence-corrected chi connectivity index (χ2v) is 7.97. The Balaban J connectivity index is 1.26. The maximum Gasteiger partial charge on any atom is 0.303 e. The molecule has 0 aliphatic rings. The minimum absolute atomic E-state index is 0.133. The van der Waals surface area contributed by atoms with Gasteiger partial charge in [0.05, 0.1) is 12.3 Å².